The summed E-state index contributed by atoms with van der Waals surface area (Å²) in [7, 11) is 2.29. The first kappa shape index (κ1) is 20.5. The van der Waals surface area contributed by atoms with Crippen LogP contribution in [-0.4, -0.2) is 35.7 Å². The lowest BCUT2D eigenvalue weighted by atomic mass is 9.64. The standard InChI is InChI=1S/C22H33ClN2O2/c1-21(2,27-20(24)26)13-14-22(16-5-4-6-17(23)15-16)11-9-19(10-12-22)25(3)18-7-8-18/h4-6,15,18-19H,7-14H2,1-3H3,(H2,24,26). The van der Waals surface area contributed by atoms with Crippen molar-refractivity contribution in [3.05, 3.63) is 34.9 Å². The molecule has 0 bridgehead atoms. The van der Waals surface area contributed by atoms with Gasteiger partial charge in [-0.15, -0.1) is 0 Å². The predicted octanol–water partition coefficient (Wildman–Crippen LogP) is 5.27. The molecular formula is C22H33ClN2O2. The van der Waals surface area contributed by atoms with Crippen LogP contribution in [0.4, 0.5) is 4.79 Å². The Morgan fingerprint density at radius 1 is 1.26 bits per heavy atom. The number of rotatable bonds is 7. The van der Waals surface area contributed by atoms with Gasteiger partial charge in [-0.1, -0.05) is 23.7 Å². The van der Waals surface area contributed by atoms with Crippen molar-refractivity contribution in [2.45, 2.75) is 88.3 Å². The van der Waals surface area contributed by atoms with Crippen molar-refractivity contribution in [3.8, 4) is 0 Å². The minimum Gasteiger partial charge on any atom is -0.444 e. The Balaban J connectivity index is 1.75. The van der Waals surface area contributed by atoms with Crippen molar-refractivity contribution >= 4 is 17.7 Å². The minimum absolute atomic E-state index is 0.0874. The lowest BCUT2D eigenvalue weighted by Crippen LogP contribution is -2.43. The maximum Gasteiger partial charge on any atom is 0.405 e. The van der Waals surface area contributed by atoms with E-state index in [1.54, 1.807) is 0 Å². The number of primary amides is 1. The molecule has 0 radical (unpaired) electrons. The Labute approximate surface area is 168 Å². The van der Waals surface area contributed by atoms with Crippen LogP contribution in [0.3, 0.4) is 0 Å². The molecule has 0 unspecified atom stereocenters. The summed E-state index contributed by atoms with van der Waals surface area (Å²) in [4.78, 5) is 13.8. The second kappa shape index (κ2) is 8.00. The number of carbonyl (C=O) groups excluding carboxylic acids is 1. The molecule has 0 spiro atoms. The van der Waals surface area contributed by atoms with Crippen molar-refractivity contribution in [1.82, 2.24) is 4.90 Å². The molecule has 2 fully saturated rings. The highest BCUT2D eigenvalue weighted by molar-refractivity contribution is 6.30. The van der Waals surface area contributed by atoms with E-state index in [9.17, 15) is 4.79 Å². The van der Waals surface area contributed by atoms with Crippen LogP contribution in [0.5, 0.6) is 0 Å². The van der Waals surface area contributed by atoms with Crippen LogP contribution in [0.2, 0.25) is 5.02 Å². The topological polar surface area (TPSA) is 55.6 Å². The van der Waals surface area contributed by atoms with Gasteiger partial charge in [-0.3, -0.25) is 0 Å². The molecule has 3 rings (SSSR count). The molecule has 1 aromatic rings. The number of ether oxygens (including phenoxy) is 1. The summed E-state index contributed by atoms with van der Waals surface area (Å²) in [5.74, 6) is 0. The molecule has 1 amide bonds. The van der Waals surface area contributed by atoms with Gasteiger partial charge in [-0.25, -0.2) is 4.79 Å². The van der Waals surface area contributed by atoms with E-state index in [1.807, 2.05) is 26.0 Å². The summed E-state index contributed by atoms with van der Waals surface area (Å²) in [6.07, 6.45) is 8.44. The molecule has 1 aromatic carbocycles. The number of halogens is 1. The highest BCUT2D eigenvalue weighted by Gasteiger charge is 2.41. The first-order chi connectivity index (χ1) is 12.7. The van der Waals surface area contributed by atoms with E-state index in [4.69, 9.17) is 22.1 Å². The largest absolute Gasteiger partial charge is 0.444 e. The first-order valence-electron chi connectivity index (χ1n) is 10.2. The van der Waals surface area contributed by atoms with Gasteiger partial charge in [0.05, 0.1) is 0 Å². The molecule has 2 N–H and O–H groups in total. The van der Waals surface area contributed by atoms with Gasteiger partial charge in [-0.05, 0) is 95.4 Å². The molecule has 0 aromatic heterocycles. The number of nitrogens with zero attached hydrogens (tertiary/aromatic N) is 1. The van der Waals surface area contributed by atoms with Gasteiger partial charge in [0.25, 0.3) is 0 Å². The average molecular weight is 393 g/mol. The van der Waals surface area contributed by atoms with E-state index in [0.717, 1.165) is 36.7 Å². The molecule has 150 valence electrons. The molecule has 4 nitrogen and oxygen atoms in total. The average Bonchev–Trinajstić information content (AvgIpc) is 3.44. The molecule has 2 saturated carbocycles. The van der Waals surface area contributed by atoms with Crippen LogP contribution in [0.25, 0.3) is 0 Å². The Morgan fingerprint density at radius 2 is 1.89 bits per heavy atom. The maximum atomic E-state index is 11.2. The Bertz CT molecular complexity index is 664. The summed E-state index contributed by atoms with van der Waals surface area (Å²) in [6, 6.07) is 9.79. The summed E-state index contributed by atoms with van der Waals surface area (Å²) in [6.45, 7) is 3.88. The Morgan fingerprint density at radius 3 is 2.44 bits per heavy atom. The van der Waals surface area contributed by atoms with Gasteiger partial charge in [0.2, 0.25) is 0 Å². The van der Waals surface area contributed by atoms with Crippen LogP contribution >= 0.6 is 11.6 Å². The van der Waals surface area contributed by atoms with Crippen LogP contribution in [0, 0.1) is 0 Å². The maximum absolute atomic E-state index is 11.2. The summed E-state index contributed by atoms with van der Waals surface area (Å²) >= 11 is 6.32. The van der Waals surface area contributed by atoms with E-state index in [-0.39, 0.29) is 5.41 Å². The second-order valence-electron chi connectivity index (χ2n) is 9.10. The number of carbonyl (C=O) groups is 1. The molecule has 0 saturated heterocycles. The second-order valence-corrected chi connectivity index (χ2v) is 9.54. The number of hydrogen-bond donors (Lipinski definition) is 1. The van der Waals surface area contributed by atoms with Crippen molar-refractivity contribution in [3.63, 3.8) is 0 Å². The summed E-state index contributed by atoms with van der Waals surface area (Å²) in [5.41, 5.74) is 6.10. The highest BCUT2D eigenvalue weighted by Crippen LogP contribution is 2.46. The quantitative estimate of drug-likeness (QED) is 0.687. The van der Waals surface area contributed by atoms with Crippen molar-refractivity contribution in [2.24, 2.45) is 5.73 Å². The van der Waals surface area contributed by atoms with E-state index in [2.05, 4.69) is 24.1 Å². The number of benzene rings is 1. The van der Waals surface area contributed by atoms with Crippen LogP contribution < -0.4 is 5.73 Å². The van der Waals surface area contributed by atoms with Crippen molar-refractivity contribution in [1.29, 1.82) is 0 Å². The SMILES string of the molecule is CN(C1CC1)C1CCC(CCC(C)(C)OC(N)=O)(c2cccc(Cl)c2)CC1. The van der Waals surface area contributed by atoms with Crippen molar-refractivity contribution in [2.75, 3.05) is 7.05 Å². The predicted molar refractivity (Wildman–Crippen MR) is 110 cm³/mol. The van der Waals surface area contributed by atoms with Gasteiger partial charge < -0.3 is 15.4 Å². The third kappa shape index (κ3) is 5.17. The number of amides is 1. The zero-order valence-electron chi connectivity index (χ0n) is 16.8. The zero-order chi connectivity index (χ0) is 19.7. The number of hydrogen-bond acceptors (Lipinski definition) is 3. The lowest BCUT2D eigenvalue weighted by Gasteiger charge is -2.44. The van der Waals surface area contributed by atoms with E-state index < -0.39 is 11.7 Å². The first-order valence-corrected chi connectivity index (χ1v) is 10.6. The molecule has 27 heavy (non-hydrogen) atoms. The van der Waals surface area contributed by atoms with Crippen LogP contribution in [0.1, 0.15) is 70.8 Å². The monoisotopic (exact) mass is 392 g/mol. The van der Waals surface area contributed by atoms with Gasteiger partial charge in [-0.2, -0.15) is 0 Å². The third-order valence-corrected chi connectivity index (χ3v) is 6.87. The van der Waals surface area contributed by atoms with Crippen molar-refractivity contribution < 1.29 is 9.53 Å². The van der Waals surface area contributed by atoms with E-state index in [0.29, 0.717) is 6.04 Å². The molecule has 0 aliphatic heterocycles. The summed E-state index contributed by atoms with van der Waals surface area (Å²) < 4.78 is 5.34. The third-order valence-electron chi connectivity index (χ3n) is 6.63. The lowest BCUT2D eigenvalue weighted by molar-refractivity contribution is 0.0278. The smallest absolute Gasteiger partial charge is 0.405 e. The molecule has 2 aliphatic rings. The van der Waals surface area contributed by atoms with Gasteiger partial charge in [0.1, 0.15) is 5.60 Å². The molecule has 0 atom stereocenters. The fourth-order valence-corrected chi connectivity index (χ4v) is 4.90. The minimum atomic E-state index is -0.702. The summed E-state index contributed by atoms with van der Waals surface area (Å²) in [5, 5.41) is 0.789. The molecule has 2 aliphatic carbocycles. The van der Waals surface area contributed by atoms with Crippen LogP contribution in [-0.2, 0) is 10.2 Å². The zero-order valence-corrected chi connectivity index (χ0v) is 17.6. The Kier molecular flexibility index (Phi) is 6.07. The molecule has 5 heteroatoms. The fraction of sp³-hybridized carbons (Fsp3) is 0.682. The van der Waals surface area contributed by atoms with Gasteiger partial charge in [0.15, 0.2) is 0 Å². The van der Waals surface area contributed by atoms with Crippen LogP contribution in [0.15, 0.2) is 24.3 Å². The molecular weight excluding hydrogens is 360 g/mol. The van der Waals surface area contributed by atoms with Gasteiger partial charge in [0, 0.05) is 17.1 Å². The van der Waals surface area contributed by atoms with E-state index in [1.165, 1.54) is 31.2 Å². The van der Waals surface area contributed by atoms with Gasteiger partial charge >= 0.3 is 6.09 Å². The fourth-order valence-electron chi connectivity index (χ4n) is 4.71. The Hall–Kier alpha value is -1.26. The highest BCUT2D eigenvalue weighted by atomic mass is 35.5. The normalized spacial score (nSPS) is 26.2. The molecule has 0 heterocycles. The number of nitrogens with two attached hydrogens (primary N) is 1. The van der Waals surface area contributed by atoms with E-state index >= 15 is 0 Å².